The van der Waals surface area contributed by atoms with Crippen molar-refractivity contribution in [3.05, 3.63) is 52.0 Å². The monoisotopic (exact) mass is 386 g/mol. The molecule has 1 aliphatic heterocycles. The van der Waals surface area contributed by atoms with Crippen LogP contribution >= 0.6 is 15.9 Å². The molecule has 0 bridgehead atoms. The number of hydrogen-bond acceptors (Lipinski definition) is 5. The summed E-state index contributed by atoms with van der Waals surface area (Å²) in [4.78, 5) is 1.57. The molecule has 0 aliphatic carbocycles. The molecule has 6 nitrogen and oxygen atoms in total. The highest BCUT2D eigenvalue weighted by molar-refractivity contribution is 9.10. The Morgan fingerprint density at radius 2 is 1.79 bits per heavy atom. The molecule has 24 heavy (non-hydrogen) atoms. The van der Waals surface area contributed by atoms with Gasteiger partial charge in [0.25, 0.3) is 0 Å². The van der Waals surface area contributed by atoms with Crippen molar-refractivity contribution in [2.75, 3.05) is 13.2 Å². The number of tetrazole rings is 1. The number of ether oxygens (including phenoxy) is 2. The van der Waals surface area contributed by atoms with Crippen LogP contribution in [0, 0.1) is 6.92 Å². The molecule has 0 spiro atoms. The number of benzene rings is 2. The van der Waals surface area contributed by atoms with Crippen LogP contribution < -0.4 is 9.47 Å². The van der Waals surface area contributed by atoms with Gasteiger partial charge in [0.1, 0.15) is 13.2 Å². The van der Waals surface area contributed by atoms with Crippen LogP contribution in [0.4, 0.5) is 0 Å². The summed E-state index contributed by atoms with van der Waals surface area (Å²) in [5, 5.41) is 12.7. The number of aryl methyl sites for hydroxylation is 1. The number of hydrogen-bond donors (Lipinski definition) is 0. The van der Waals surface area contributed by atoms with Crippen molar-refractivity contribution in [1.29, 1.82) is 0 Å². The first-order chi connectivity index (χ1) is 11.7. The average molecular weight is 387 g/mol. The van der Waals surface area contributed by atoms with E-state index in [2.05, 4.69) is 31.3 Å². The fraction of sp³-hybridized carbons (Fsp3) is 0.235. The van der Waals surface area contributed by atoms with E-state index < -0.39 is 0 Å². The molecule has 0 atom stereocenters. The summed E-state index contributed by atoms with van der Waals surface area (Å²) < 4.78 is 12.1. The van der Waals surface area contributed by atoms with Gasteiger partial charge in [-0.15, -0.1) is 10.2 Å². The van der Waals surface area contributed by atoms with Gasteiger partial charge in [0.2, 0.25) is 5.82 Å². The standard InChI is InChI=1S/C17H15BrN4O2/c1-11-2-4-12(5-3-11)17-19-21-22(20-17)10-13-8-15-16(9-14(13)18)24-7-6-23-15/h2-5,8-9H,6-7,10H2,1H3. The second kappa shape index (κ2) is 6.24. The molecule has 3 aromatic rings. The zero-order valence-electron chi connectivity index (χ0n) is 13.1. The molecule has 122 valence electrons. The third-order valence-corrected chi connectivity index (χ3v) is 4.52. The SMILES string of the molecule is Cc1ccc(-c2nnn(Cc3cc4c(cc3Br)OCCO4)n2)cc1. The third-order valence-electron chi connectivity index (χ3n) is 3.79. The first kappa shape index (κ1) is 15.1. The zero-order valence-corrected chi connectivity index (χ0v) is 14.7. The quantitative estimate of drug-likeness (QED) is 0.691. The van der Waals surface area contributed by atoms with E-state index in [1.165, 1.54) is 5.56 Å². The smallest absolute Gasteiger partial charge is 0.204 e. The van der Waals surface area contributed by atoms with Gasteiger partial charge in [0, 0.05) is 10.0 Å². The van der Waals surface area contributed by atoms with Crippen LogP contribution in [-0.4, -0.2) is 33.4 Å². The van der Waals surface area contributed by atoms with Gasteiger partial charge in [0.15, 0.2) is 11.5 Å². The lowest BCUT2D eigenvalue weighted by Gasteiger charge is -2.19. The maximum Gasteiger partial charge on any atom is 0.204 e. The Labute approximate surface area is 147 Å². The molecule has 2 aromatic carbocycles. The van der Waals surface area contributed by atoms with E-state index in [1.807, 2.05) is 43.3 Å². The summed E-state index contributed by atoms with van der Waals surface area (Å²) in [7, 11) is 0. The number of halogens is 1. The average Bonchev–Trinajstić information content (AvgIpc) is 3.05. The van der Waals surface area contributed by atoms with Crippen molar-refractivity contribution >= 4 is 15.9 Å². The molecule has 0 fully saturated rings. The lowest BCUT2D eigenvalue weighted by atomic mass is 10.1. The summed E-state index contributed by atoms with van der Waals surface area (Å²) in [6, 6.07) is 11.9. The fourth-order valence-corrected chi connectivity index (χ4v) is 2.96. The molecule has 4 rings (SSSR count). The Hall–Kier alpha value is -2.41. The van der Waals surface area contributed by atoms with Crippen LogP contribution in [-0.2, 0) is 6.54 Å². The van der Waals surface area contributed by atoms with Crippen LogP contribution in [0.5, 0.6) is 11.5 Å². The van der Waals surface area contributed by atoms with Crippen molar-refractivity contribution in [3.8, 4) is 22.9 Å². The van der Waals surface area contributed by atoms with E-state index in [-0.39, 0.29) is 0 Å². The van der Waals surface area contributed by atoms with Crippen molar-refractivity contribution in [3.63, 3.8) is 0 Å². The van der Waals surface area contributed by atoms with E-state index in [9.17, 15) is 0 Å². The second-order valence-corrected chi connectivity index (χ2v) is 6.45. The molecular weight excluding hydrogens is 372 g/mol. The Kier molecular flexibility index (Phi) is 3.93. The third kappa shape index (κ3) is 2.99. The highest BCUT2D eigenvalue weighted by Gasteiger charge is 2.16. The maximum atomic E-state index is 5.63. The minimum absolute atomic E-state index is 0.496. The van der Waals surface area contributed by atoms with Gasteiger partial charge in [-0.2, -0.15) is 4.80 Å². The van der Waals surface area contributed by atoms with Gasteiger partial charge in [-0.05, 0) is 29.8 Å². The first-order valence-corrected chi connectivity index (χ1v) is 8.41. The van der Waals surface area contributed by atoms with Crippen LogP contribution in [0.3, 0.4) is 0 Å². The molecule has 7 heteroatoms. The van der Waals surface area contributed by atoms with E-state index in [1.54, 1.807) is 4.80 Å². The predicted octanol–water partition coefficient (Wildman–Crippen LogP) is 3.23. The van der Waals surface area contributed by atoms with E-state index in [0.29, 0.717) is 25.6 Å². The van der Waals surface area contributed by atoms with Crippen LogP contribution in [0.1, 0.15) is 11.1 Å². The number of nitrogens with zero attached hydrogens (tertiary/aromatic N) is 4. The van der Waals surface area contributed by atoms with Crippen molar-refractivity contribution < 1.29 is 9.47 Å². The summed E-state index contributed by atoms with van der Waals surface area (Å²) >= 11 is 3.57. The van der Waals surface area contributed by atoms with Gasteiger partial charge >= 0.3 is 0 Å². The second-order valence-electron chi connectivity index (χ2n) is 5.60. The van der Waals surface area contributed by atoms with E-state index in [4.69, 9.17) is 9.47 Å². The van der Waals surface area contributed by atoms with Crippen LogP contribution in [0.25, 0.3) is 11.4 Å². The molecule has 2 heterocycles. The summed E-state index contributed by atoms with van der Waals surface area (Å²) in [6.07, 6.45) is 0. The normalized spacial score (nSPS) is 13.1. The number of rotatable bonds is 3. The molecular formula is C17H15BrN4O2. The minimum Gasteiger partial charge on any atom is -0.486 e. The highest BCUT2D eigenvalue weighted by Crippen LogP contribution is 2.35. The Morgan fingerprint density at radius 1 is 1.08 bits per heavy atom. The van der Waals surface area contributed by atoms with Crippen molar-refractivity contribution in [2.45, 2.75) is 13.5 Å². The van der Waals surface area contributed by atoms with Crippen molar-refractivity contribution in [2.24, 2.45) is 0 Å². The predicted molar refractivity (Wildman–Crippen MR) is 92.2 cm³/mol. The molecule has 0 amide bonds. The Bertz CT molecular complexity index is 877. The van der Waals surface area contributed by atoms with Gasteiger partial charge < -0.3 is 9.47 Å². The molecule has 0 N–H and O–H groups in total. The maximum absolute atomic E-state index is 5.63. The molecule has 0 radical (unpaired) electrons. The molecule has 1 aliphatic rings. The lowest BCUT2D eigenvalue weighted by molar-refractivity contribution is 0.171. The van der Waals surface area contributed by atoms with Crippen LogP contribution in [0.2, 0.25) is 0 Å². The largest absolute Gasteiger partial charge is 0.486 e. The van der Waals surface area contributed by atoms with Crippen molar-refractivity contribution in [1.82, 2.24) is 20.2 Å². The van der Waals surface area contributed by atoms with E-state index >= 15 is 0 Å². The molecule has 0 saturated heterocycles. The zero-order chi connectivity index (χ0) is 16.5. The van der Waals surface area contributed by atoms with Gasteiger partial charge in [-0.3, -0.25) is 0 Å². The van der Waals surface area contributed by atoms with Gasteiger partial charge in [-0.1, -0.05) is 45.8 Å². The minimum atomic E-state index is 0.496. The Balaban J connectivity index is 1.59. The molecule has 0 saturated carbocycles. The van der Waals surface area contributed by atoms with E-state index in [0.717, 1.165) is 27.1 Å². The Morgan fingerprint density at radius 3 is 2.54 bits per heavy atom. The molecule has 1 aromatic heterocycles. The van der Waals surface area contributed by atoms with Crippen LogP contribution in [0.15, 0.2) is 40.9 Å². The summed E-state index contributed by atoms with van der Waals surface area (Å²) in [6.45, 7) is 3.68. The molecule has 0 unspecified atom stereocenters. The lowest BCUT2D eigenvalue weighted by Crippen LogP contribution is -2.16. The summed E-state index contributed by atoms with van der Waals surface area (Å²) in [5.41, 5.74) is 3.16. The summed E-state index contributed by atoms with van der Waals surface area (Å²) in [5.74, 6) is 2.12. The number of aromatic nitrogens is 4. The highest BCUT2D eigenvalue weighted by atomic mass is 79.9. The van der Waals surface area contributed by atoms with Gasteiger partial charge in [0.05, 0.1) is 6.54 Å². The topological polar surface area (TPSA) is 62.1 Å². The fourth-order valence-electron chi connectivity index (χ4n) is 2.51. The first-order valence-electron chi connectivity index (χ1n) is 7.62. The number of fused-ring (bicyclic) bond motifs is 1. The van der Waals surface area contributed by atoms with Gasteiger partial charge in [-0.25, -0.2) is 0 Å².